The van der Waals surface area contributed by atoms with Gasteiger partial charge in [-0.05, 0) is 33.6 Å². The Morgan fingerprint density at radius 1 is 1.17 bits per heavy atom. The van der Waals surface area contributed by atoms with Gasteiger partial charge in [0.05, 0.1) is 12.5 Å². The molecule has 5 heteroatoms. The van der Waals surface area contributed by atoms with Gasteiger partial charge < -0.3 is 4.74 Å². The van der Waals surface area contributed by atoms with Gasteiger partial charge in [-0.25, -0.2) is 4.79 Å². The summed E-state index contributed by atoms with van der Waals surface area (Å²) in [5.74, 6) is -0.436. The fourth-order valence-electron chi connectivity index (χ4n) is 2.64. The molecular formula is C18H23NO4. The van der Waals surface area contributed by atoms with E-state index < -0.39 is 17.7 Å². The lowest BCUT2D eigenvalue weighted by Crippen LogP contribution is -2.43. The van der Waals surface area contributed by atoms with Crippen LogP contribution in [0.25, 0.3) is 0 Å². The maximum atomic E-state index is 12.4. The van der Waals surface area contributed by atoms with Crippen LogP contribution in [-0.2, 0) is 9.53 Å². The van der Waals surface area contributed by atoms with Crippen LogP contribution in [0.4, 0.5) is 4.79 Å². The van der Waals surface area contributed by atoms with Crippen molar-refractivity contribution >= 4 is 17.7 Å². The zero-order valence-corrected chi connectivity index (χ0v) is 13.9. The number of amides is 1. The van der Waals surface area contributed by atoms with Crippen molar-refractivity contribution in [1.82, 2.24) is 4.90 Å². The second-order valence-corrected chi connectivity index (χ2v) is 6.76. The molecule has 1 amide bonds. The van der Waals surface area contributed by atoms with Crippen LogP contribution in [0.15, 0.2) is 30.3 Å². The van der Waals surface area contributed by atoms with Gasteiger partial charge in [-0.3, -0.25) is 14.5 Å². The fourth-order valence-corrected chi connectivity index (χ4v) is 2.64. The Balaban J connectivity index is 2.00. The summed E-state index contributed by atoms with van der Waals surface area (Å²) in [6, 6.07) is 8.17. The van der Waals surface area contributed by atoms with Crippen LogP contribution < -0.4 is 0 Å². The number of nitrogens with zero attached hydrogens (tertiary/aromatic N) is 1. The SMILES string of the molecule is CC(C)(C)OC(=O)N1CCC[C@H]1C(=O)CC(=O)c1ccccc1. The molecule has 1 fully saturated rings. The smallest absolute Gasteiger partial charge is 0.410 e. The van der Waals surface area contributed by atoms with Gasteiger partial charge in [-0.2, -0.15) is 0 Å². The number of ketones is 2. The summed E-state index contributed by atoms with van der Waals surface area (Å²) < 4.78 is 5.34. The lowest BCUT2D eigenvalue weighted by molar-refractivity contribution is -0.122. The summed E-state index contributed by atoms with van der Waals surface area (Å²) in [6.45, 7) is 5.86. The predicted molar refractivity (Wildman–Crippen MR) is 86.4 cm³/mol. The predicted octanol–water partition coefficient (Wildman–Crippen LogP) is 3.23. The first-order chi connectivity index (χ1) is 10.8. The molecule has 0 unspecified atom stereocenters. The van der Waals surface area contributed by atoms with E-state index in [0.29, 0.717) is 18.5 Å². The van der Waals surface area contributed by atoms with Crippen LogP contribution >= 0.6 is 0 Å². The number of rotatable bonds is 4. The summed E-state index contributed by atoms with van der Waals surface area (Å²) in [7, 11) is 0. The Kier molecular flexibility index (Phi) is 5.19. The molecule has 1 saturated heterocycles. The summed E-state index contributed by atoms with van der Waals surface area (Å²) in [6.07, 6.45) is 0.657. The molecule has 1 aromatic carbocycles. The van der Waals surface area contributed by atoms with Gasteiger partial charge in [0.15, 0.2) is 11.6 Å². The van der Waals surface area contributed by atoms with Crippen LogP contribution in [0, 0.1) is 0 Å². The van der Waals surface area contributed by atoms with E-state index in [2.05, 4.69) is 0 Å². The largest absolute Gasteiger partial charge is 0.444 e. The molecular weight excluding hydrogens is 294 g/mol. The van der Waals surface area contributed by atoms with Gasteiger partial charge in [0, 0.05) is 12.1 Å². The van der Waals surface area contributed by atoms with Crippen LogP contribution in [0.1, 0.15) is 50.4 Å². The minimum absolute atomic E-state index is 0.187. The Morgan fingerprint density at radius 2 is 1.83 bits per heavy atom. The summed E-state index contributed by atoms with van der Waals surface area (Å²) in [4.78, 5) is 38.2. The molecule has 2 rings (SSSR count). The molecule has 1 aliphatic heterocycles. The van der Waals surface area contributed by atoms with Gasteiger partial charge >= 0.3 is 6.09 Å². The Hall–Kier alpha value is -2.17. The normalized spacial score (nSPS) is 17.9. The van der Waals surface area contributed by atoms with Gasteiger partial charge in [-0.1, -0.05) is 30.3 Å². The first kappa shape index (κ1) is 17.2. The van der Waals surface area contributed by atoms with Crippen molar-refractivity contribution in [2.75, 3.05) is 6.54 Å². The van der Waals surface area contributed by atoms with Crippen LogP contribution in [0.5, 0.6) is 0 Å². The van der Waals surface area contributed by atoms with Crippen molar-refractivity contribution in [2.24, 2.45) is 0 Å². The van der Waals surface area contributed by atoms with Crippen molar-refractivity contribution in [3.05, 3.63) is 35.9 Å². The number of carbonyl (C=O) groups excluding carboxylic acids is 3. The van der Waals surface area contributed by atoms with Crippen LogP contribution in [0.2, 0.25) is 0 Å². The van der Waals surface area contributed by atoms with Gasteiger partial charge in [-0.15, -0.1) is 0 Å². The third kappa shape index (κ3) is 4.65. The number of benzene rings is 1. The molecule has 0 aromatic heterocycles. The van der Waals surface area contributed by atoms with Crippen molar-refractivity contribution in [2.45, 2.75) is 51.7 Å². The molecule has 0 radical (unpaired) electrons. The molecule has 1 aliphatic rings. The number of carbonyl (C=O) groups is 3. The summed E-state index contributed by atoms with van der Waals surface area (Å²) >= 11 is 0. The molecule has 0 bridgehead atoms. The Bertz CT molecular complexity index is 589. The average molecular weight is 317 g/mol. The lowest BCUT2D eigenvalue weighted by atomic mass is 10.0. The van der Waals surface area contributed by atoms with E-state index in [1.807, 2.05) is 6.07 Å². The van der Waals surface area contributed by atoms with E-state index in [1.165, 1.54) is 4.90 Å². The highest BCUT2D eigenvalue weighted by molar-refractivity contribution is 6.09. The third-order valence-electron chi connectivity index (χ3n) is 3.68. The van der Waals surface area contributed by atoms with E-state index in [4.69, 9.17) is 4.74 Å². The second-order valence-electron chi connectivity index (χ2n) is 6.76. The van der Waals surface area contributed by atoms with Gasteiger partial charge in [0.25, 0.3) is 0 Å². The lowest BCUT2D eigenvalue weighted by Gasteiger charge is -2.27. The molecule has 23 heavy (non-hydrogen) atoms. The second kappa shape index (κ2) is 6.94. The van der Waals surface area contributed by atoms with Crippen molar-refractivity contribution in [1.29, 1.82) is 0 Å². The highest BCUT2D eigenvalue weighted by Gasteiger charge is 2.36. The molecule has 124 valence electrons. The standard InChI is InChI=1S/C18H23NO4/c1-18(2,3)23-17(22)19-11-7-10-14(19)16(21)12-15(20)13-8-5-4-6-9-13/h4-6,8-9,14H,7,10-12H2,1-3H3/t14-/m0/s1. The van der Waals surface area contributed by atoms with Crippen LogP contribution in [-0.4, -0.2) is 40.7 Å². The molecule has 0 saturated carbocycles. The van der Waals surface area contributed by atoms with Crippen molar-refractivity contribution in [3.8, 4) is 0 Å². The highest BCUT2D eigenvalue weighted by atomic mass is 16.6. The zero-order chi connectivity index (χ0) is 17.0. The van der Waals surface area contributed by atoms with E-state index in [0.717, 1.165) is 6.42 Å². The van der Waals surface area contributed by atoms with E-state index in [1.54, 1.807) is 45.0 Å². The number of Topliss-reactive ketones (excluding diaryl/α,β-unsaturated/α-hetero) is 2. The van der Waals surface area contributed by atoms with Gasteiger partial charge in [0.1, 0.15) is 5.60 Å². The average Bonchev–Trinajstić information content (AvgIpc) is 2.96. The number of likely N-dealkylation sites (tertiary alicyclic amines) is 1. The molecule has 0 N–H and O–H groups in total. The summed E-state index contributed by atoms with van der Waals surface area (Å²) in [5.41, 5.74) is -0.0877. The fraction of sp³-hybridized carbons (Fsp3) is 0.500. The van der Waals surface area contributed by atoms with E-state index in [9.17, 15) is 14.4 Å². The maximum absolute atomic E-state index is 12.4. The quantitative estimate of drug-likeness (QED) is 0.632. The zero-order valence-electron chi connectivity index (χ0n) is 13.9. The summed E-state index contributed by atoms with van der Waals surface area (Å²) in [5, 5.41) is 0. The van der Waals surface area contributed by atoms with Crippen LogP contribution in [0.3, 0.4) is 0 Å². The topological polar surface area (TPSA) is 63.7 Å². The monoisotopic (exact) mass is 317 g/mol. The Labute approximate surface area is 136 Å². The molecule has 1 aromatic rings. The first-order valence-electron chi connectivity index (χ1n) is 7.88. The Morgan fingerprint density at radius 3 is 2.43 bits per heavy atom. The first-order valence-corrected chi connectivity index (χ1v) is 7.88. The number of ether oxygens (including phenoxy) is 1. The van der Waals surface area contributed by atoms with Crippen molar-refractivity contribution in [3.63, 3.8) is 0 Å². The third-order valence-corrected chi connectivity index (χ3v) is 3.68. The van der Waals surface area contributed by atoms with Crippen molar-refractivity contribution < 1.29 is 19.1 Å². The molecule has 1 atom stereocenters. The molecule has 1 heterocycles. The molecule has 0 spiro atoms. The highest BCUT2D eigenvalue weighted by Crippen LogP contribution is 2.23. The van der Waals surface area contributed by atoms with E-state index >= 15 is 0 Å². The number of hydrogen-bond donors (Lipinski definition) is 0. The maximum Gasteiger partial charge on any atom is 0.410 e. The van der Waals surface area contributed by atoms with Gasteiger partial charge in [0.2, 0.25) is 0 Å². The molecule has 0 aliphatic carbocycles. The van der Waals surface area contributed by atoms with E-state index in [-0.39, 0.29) is 18.0 Å². The minimum atomic E-state index is -0.604. The molecule has 5 nitrogen and oxygen atoms in total. The minimum Gasteiger partial charge on any atom is -0.444 e. The number of hydrogen-bond acceptors (Lipinski definition) is 4.